The van der Waals surface area contributed by atoms with Gasteiger partial charge in [0.05, 0.1) is 0 Å². The molecule has 0 atom stereocenters. The minimum absolute atomic E-state index is 0.720. The van der Waals surface area contributed by atoms with Crippen molar-refractivity contribution in [3.63, 3.8) is 0 Å². The van der Waals surface area contributed by atoms with Crippen LogP contribution in [-0.4, -0.2) is 6.29 Å². The summed E-state index contributed by atoms with van der Waals surface area (Å²) in [5, 5.41) is 0. The normalized spacial score (nSPS) is 15.6. The van der Waals surface area contributed by atoms with Crippen molar-refractivity contribution in [1.29, 1.82) is 0 Å². The number of carbonyl (C=O) groups excluding carboxylic acids is 1. The lowest BCUT2D eigenvalue weighted by atomic mass is 10.0. The number of allylic oxidation sites excluding steroid dienone is 4. The Morgan fingerprint density at radius 2 is 1.22 bits per heavy atom. The van der Waals surface area contributed by atoms with Crippen LogP contribution in [0.4, 0.5) is 0 Å². The fraction of sp³-hybridized carbons (Fsp3) is 0. The van der Waals surface area contributed by atoms with E-state index in [1.807, 2.05) is 54.6 Å². The molecule has 1 aliphatic rings. The van der Waals surface area contributed by atoms with E-state index >= 15 is 0 Å². The quantitative estimate of drug-likeness (QED) is 0.389. The van der Waals surface area contributed by atoms with Crippen LogP contribution in [0.3, 0.4) is 0 Å². The van der Waals surface area contributed by atoms with Gasteiger partial charge in [-0.1, -0.05) is 109 Å². The van der Waals surface area contributed by atoms with E-state index in [1.165, 1.54) is 11.1 Å². The van der Waals surface area contributed by atoms with Gasteiger partial charge in [-0.05, 0) is 28.3 Å². The van der Waals surface area contributed by atoms with Gasteiger partial charge in [0.15, 0.2) is 6.29 Å². The van der Waals surface area contributed by atoms with Crippen LogP contribution < -0.4 is 0 Å². The highest BCUT2D eigenvalue weighted by molar-refractivity contribution is 8.12. The zero-order chi connectivity index (χ0) is 18.5. The third-order valence-corrected chi connectivity index (χ3v) is 5.68. The fourth-order valence-corrected chi connectivity index (χ4v) is 4.30. The van der Waals surface area contributed by atoms with E-state index in [4.69, 9.17) is 0 Å². The molecule has 1 nitrogen and oxygen atoms in total. The molecular weight excluding hydrogens is 348 g/mol. The summed E-state index contributed by atoms with van der Waals surface area (Å²) in [6.07, 6.45) is 5.13. The van der Waals surface area contributed by atoms with E-state index in [-0.39, 0.29) is 0 Å². The molecule has 0 bridgehead atoms. The maximum absolute atomic E-state index is 11.9. The first-order chi connectivity index (χ1) is 13.4. The Morgan fingerprint density at radius 1 is 0.667 bits per heavy atom. The minimum Gasteiger partial charge on any atom is -0.298 e. The second-order valence-corrected chi connectivity index (χ2v) is 7.22. The summed E-state index contributed by atoms with van der Waals surface area (Å²) in [4.78, 5) is 14.0. The monoisotopic (exact) mass is 366 g/mol. The molecule has 0 amide bonds. The summed E-state index contributed by atoms with van der Waals surface area (Å²) in [5.41, 5.74) is 5.16. The van der Waals surface area contributed by atoms with Crippen LogP contribution in [0.2, 0.25) is 0 Å². The Bertz CT molecular complexity index is 1030. The topological polar surface area (TPSA) is 17.1 Å². The van der Waals surface area contributed by atoms with Gasteiger partial charge >= 0.3 is 0 Å². The first-order valence-electron chi connectivity index (χ1n) is 8.83. The molecule has 0 fully saturated rings. The van der Waals surface area contributed by atoms with E-state index in [1.54, 1.807) is 11.8 Å². The van der Waals surface area contributed by atoms with E-state index in [0.29, 0.717) is 0 Å². The van der Waals surface area contributed by atoms with Crippen LogP contribution in [-0.2, 0) is 4.79 Å². The molecule has 2 heteroatoms. The summed E-state index contributed by atoms with van der Waals surface area (Å²) in [7, 11) is 0. The van der Waals surface area contributed by atoms with Gasteiger partial charge in [-0.2, -0.15) is 0 Å². The van der Waals surface area contributed by atoms with Gasteiger partial charge in [0.1, 0.15) is 0 Å². The predicted octanol–water partition coefficient (Wildman–Crippen LogP) is 6.47. The average molecular weight is 366 g/mol. The van der Waals surface area contributed by atoms with E-state index in [2.05, 4.69) is 48.6 Å². The van der Waals surface area contributed by atoms with Gasteiger partial charge in [0, 0.05) is 15.4 Å². The molecule has 3 aromatic rings. The van der Waals surface area contributed by atoms with Crippen LogP contribution in [0.25, 0.3) is 16.1 Å². The highest BCUT2D eigenvalue weighted by Gasteiger charge is 2.18. The standard InChI is InChI=1S/C25H18OS/c26-18-23(20-12-6-2-7-13-20)24-17-16-22(19-10-4-1-5-11-19)25(27-24)21-14-8-3-9-15-21/h1-18H/b24-23+. The molecule has 4 rings (SSSR count). The Labute approximate surface area is 163 Å². The molecule has 0 aliphatic carbocycles. The average Bonchev–Trinajstić information content (AvgIpc) is 2.76. The van der Waals surface area contributed by atoms with Gasteiger partial charge in [-0.25, -0.2) is 0 Å². The molecule has 0 radical (unpaired) electrons. The van der Waals surface area contributed by atoms with Crippen molar-refractivity contribution < 1.29 is 4.79 Å². The van der Waals surface area contributed by atoms with E-state index in [0.717, 1.165) is 32.8 Å². The fourth-order valence-electron chi connectivity index (χ4n) is 3.11. The Kier molecular flexibility index (Phi) is 5.17. The van der Waals surface area contributed by atoms with Crippen LogP contribution in [0.15, 0.2) is 108 Å². The van der Waals surface area contributed by atoms with Crippen LogP contribution in [0, 0.1) is 0 Å². The smallest absolute Gasteiger partial charge is 0.151 e. The lowest BCUT2D eigenvalue weighted by Gasteiger charge is -2.19. The summed E-state index contributed by atoms with van der Waals surface area (Å²) >= 11 is 1.66. The van der Waals surface area contributed by atoms with E-state index in [9.17, 15) is 4.79 Å². The maximum Gasteiger partial charge on any atom is 0.151 e. The second kappa shape index (κ2) is 8.07. The zero-order valence-corrected chi connectivity index (χ0v) is 15.5. The van der Waals surface area contributed by atoms with Crippen molar-refractivity contribution in [2.45, 2.75) is 0 Å². The molecular formula is C25H18OS. The van der Waals surface area contributed by atoms with Crippen molar-refractivity contribution in [3.8, 4) is 0 Å². The third kappa shape index (κ3) is 3.71. The maximum atomic E-state index is 11.9. The van der Waals surface area contributed by atoms with Crippen LogP contribution >= 0.6 is 11.8 Å². The van der Waals surface area contributed by atoms with Crippen molar-refractivity contribution in [2.75, 3.05) is 0 Å². The predicted molar refractivity (Wildman–Crippen MR) is 116 cm³/mol. The van der Waals surface area contributed by atoms with Crippen molar-refractivity contribution >= 4 is 34.1 Å². The molecule has 0 unspecified atom stereocenters. The van der Waals surface area contributed by atoms with Gasteiger partial charge < -0.3 is 0 Å². The van der Waals surface area contributed by atoms with Crippen LogP contribution in [0.1, 0.15) is 16.7 Å². The Hall–Kier alpha value is -3.10. The molecule has 130 valence electrons. The first-order valence-corrected chi connectivity index (χ1v) is 9.64. The molecule has 1 heterocycles. The molecule has 3 aromatic carbocycles. The number of benzene rings is 3. The lowest BCUT2D eigenvalue weighted by Crippen LogP contribution is -1.96. The Balaban J connectivity index is 1.86. The molecule has 0 saturated carbocycles. The molecule has 0 saturated heterocycles. The van der Waals surface area contributed by atoms with Gasteiger partial charge in [-0.3, -0.25) is 4.79 Å². The van der Waals surface area contributed by atoms with Crippen LogP contribution in [0.5, 0.6) is 0 Å². The minimum atomic E-state index is 0.720. The molecule has 1 aliphatic heterocycles. The number of hydrogen-bond acceptors (Lipinski definition) is 2. The second-order valence-electron chi connectivity index (χ2n) is 6.17. The number of carbonyl (C=O) groups is 1. The number of hydrogen-bond donors (Lipinski definition) is 0. The number of aldehydes is 1. The third-order valence-electron chi connectivity index (χ3n) is 4.45. The summed E-state index contributed by atoms with van der Waals surface area (Å²) in [5.74, 6) is 0. The summed E-state index contributed by atoms with van der Waals surface area (Å²) in [6.45, 7) is 0. The SMILES string of the molecule is O=C/C(=C1/C=CC(c2ccccc2)=C(c2ccccc2)S1)c1ccccc1. The number of rotatable bonds is 4. The van der Waals surface area contributed by atoms with E-state index < -0.39 is 0 Å². The highest BCUT2D eigenvalue weighted by atomic mass is 32.2. The summed E-state index contributed by atoms with van der Waals surface area (Å²) in [6, 6.07) is 30.5. The number of thioether (sulfide) groups is 1. The van der Waals surface area contributed by atoms with Crippen molar-refractivity contribution in [2.24, 2.45) is 0 Å². The first kappa shape index (κ1) is 17.3. The molecule has 0 aromatic heterocycles. The highest BCUT2D eigenvalue weighted by Crippen LogP contribution is 2.46. The van der Waals surface area contributed by atoms with Crippen molar-refractivity contribution in [3.05, 3.63) is 125 Å². The van der Waals surface area contributed by atoms with Crippen molar-refractivity contribution in [1.82, 2.24) is 0 Å². The zero-order valence-electron chi connectivity index (χ0n) is 14.7. The molecule has 27 heavy (non-hydrogen) atoms. The summed E-state index contributed by atoms with van der Waals surface area (Å²) < 4.78 is 0. The molecule has 0 spiro atoms. The van der Waals surface area contributed by atoms with Gasteiger partial charge in [0.25, 0.3) is 0 Å². The van der Waals surface area contributed by atoms with Gasteiger partial charge in [0.2, 0.25) is 0 Å². The van der Waals surface area contributed by atoms with Gasteiger partial charge in [-0.15, -0.1) is 0 Å². The Morgan fingerprint density at radius 3 is 1.81 bits per heavy atom. The molecule has 0 N–H and O–H groups in total. The largest absolute Gasteiger partial charge is 0.298 e. The lowest BCUT2D eigenvalue weighted by molar-refractivity contribution is -0.103.